The molecule has 10 rings (SSSR count). The minimum absolute atomic E-state index is 0.0772. The summed E-state index contributed by atoms with van der Waals surface area (Å²) in [6, 6.07) is 45.5. The number of halogens is 6. The van der Waals surface area contributed by atoms with Gasteiger partial charge < -0.3 is 9.13 Å². The fraction of sp³-hybridized carbons (Fsp3) is 0.125. The fourth-order valence-electron chi connectivity index (χ4n) is 9.93. The topological polar surface area (TPSA) is 33.6 Å². The predicted molar refractivity (Wildman–Crippen MR) is 250 cm³/mol. The summed E-state index contributed by atoms with van der Waals surface area (Å²) < 4.78 is 90.8. The number of benzene rings is 8. The van der Waals surface area contributed by atoms with E-state index in [1.807, 2.05) is 73.0 Å². The number of hydrogen-bond donors (Lipinski definition) is 0. The first-order valence-corrected chi connectivity index (χ1v) is 21.1. The first kappa shape index (κ1) is 41.4. The zero-order valence-electron chi connectivity index (χ0n) is 36.0. The first-order valence-electron chi connectivity index (χ1n) is 21.1. The molecule has 0 N–H and O–H groups in total. The summed E-state index contributed by atoms with van der Waals surface area (Å²) in [4.78, 5) is 0. The zero-order chi connectivity index (χ0) is 45.7. The number of rotatable bonds is 5. The van der Waals surface area contributed by atoms with Crippen molar-refractivity contribution in [2.24, 2.45) is 0 Å². The lowest BCUT2D eigenvalue weighted by Gasteiger charge is -2.21. The molecule has 0 fully saturated rings. The van der Waals surface area contributed by atoms with Crippen molar-refractivity contribution in [2.75, 3.05) is 0 Å². The molecular weight excluding hydrogens is 829 g/mol. The summed E-state index contributed by atoms with van der Waals surface area (Å²) >= 11 is 0. The zero-order valence-corrected chi connectivity index (χ0v) is 36.0. The summed E-state index contributed by atoms with van der Waals surface area (Å²) in [6.45, 7) is 10.3. The van der Waals surface area contributed by atoms with Crippen molar-refractivity contribution >= 4 is 43.6 Å². The summed E-state index contributed by atoms with van der Waals surface area (Å²) in [5.41, 5.74) is 10.1. The molecule has 10 aromatic rings. The average Bonchev–Trinajstić information content (AvgIpc) is 3.77. The van der Waals surface area contributed by atoms with Crippen LogP contribution in [0.3, 0.4) is 0 Å². The molecule has 0 saturated heterocycles. The predicted octanol–water partition coefficient (Wildman–Crippen LogP) is 16.3. The second-order valence-electron chi connectivity index (χ2n) is 17.1. The molecule has 0 aliphatic carbocycles. The Kier molecular flexibility index (Phi) is 9.58. The van der Waals surface area contributed by atoms with Gasteiger partial charge in [-0.1, -0.05) is 102 Å². The van der Waals surface area contributed by atoms with Gasteiger partial charge in [0, 0.05) is 27.1 Å². The van der Waals surface area contributed by atoms with Crippen LogP contribution in [0.1, 0.15) is 44.5 Å². The lowest BCUT2D eigenvalue weighted by Crippen LogP contribution is -2.11. The van der Waals surface area contributed by atoms with Gasteiger partial charge >= 0.3 is 12.4 Å². The summed E-state index contributed by atoms with van der Waals surface area (Å²) in [5, 5.41) is 14.5. The largest absolute Gasteiger partial charge is 0.416 e. The number of para-hydroxylation sites is 2. The molecule has 3 nitrogen and oxygen atoms in total. The van der Waals surface area contributed by atoms with Crippen molar-refractivity contribution in [1.82, 2.24) is 9.13 Å². The molecule has 0 unspecified atom stereocenters. The molecule has 0 atom stereocenters. The molecule has 320 valence electrons. The van der Waals surface area contributed by atoms with Crippen molar-refractivity contribution in [3.05, 3.63) is 190 Å². The molecule has 0 spiro atoms. The summed E-state index contributed by atoms with van der Waals surface area (Å²) in [7, 11) is 0. The molecule has 0 aliphatic heterocycles. The molecule has 0 amide bonds. The number of fused-ring (bicyclic) bond motifs is 6. The van der Waals surface area contributed by atoms with Crippen LogP contribution in [0.25, 0.3) is 88.4 Å². The van der Waals surface area contributed by atoms with E-state index < -0.39 is 23.5 Å². The maximum Gasteiger partial charge on any atom is 0.416 e. The molecule has 8 aromatic carbocycles. The quantitative estimate of drug-likeness (QED) is 0.159. The van der Waals surface area contributed by atoms with Gasteiger partial charge in [0.2, 0.25) is 0 Å². The first-order chi connectivity index (χ1) is 31.0. The summed E-state index contributed by atoms with van der Waals surface area (Å²) in [5.74, 6) is 0. The Balaban J connectivity index is 1.38. The molecule has 0 saturated carbocycles. The Bertz CT molecular complexity index is 3590. The highest BCUT2D eigenvalue weighted by atomic mass is 19.4. The normalized spacial score (nSPS) is 12.2. The van der Waals surface area contributed by atoms with Gasteiger partial charge in [0.25, 0.3) is 0 Å². The molecule has 0 radical (unpaired) electrons. The molecule has 9 heteroatoms. The van der Waals surface area contributed by atoms with Crippen LogP contribution in [0.15, 0.2) is 146 Å². The van der Waals surface area contributed by atoms with Crippen LogP contribution in [0.5, 0.6) is 0 Å². The van der Waals surface area contributed by atoms with Gasteiger partial charge in [0.15, 0.2) is 0 Å². The molecule has 65 heavy (non-hydrogen) atoms. The van der Waals surface area contributed by atoms with Gasteiger partial charge in [0.05, 0.1) is 56.2 Å². The van der Waals surface area contributed by atoms with E-state index in [1.165, 1.54) is 0 Å². The molecule has 2 aromatic heterocycles. The maximum atomic E-state index is 14.4. The molecular formula is C56H39F6N3. The number of nitrogens with zero attached hydrogens (tertiary/aromatic N) is 3. The number of hydrogen-bond acceptors (Lipinski definition) is 1. The van der Waals surface area contributed by atoms with Crippen molar-refractivity contribution in [3.63, 3.8) is 0 Å². The van der Waals surface area contributed by atoms with Gasteiger partial charge in [0.1, 0.15) is 0 Å². The third-order valence-electron chi connectivity index (χ3n) is 12.6. The van der Waals surface area contributed by atoms with Gasteiger partial charge in [-0.05, 0) is 134 Å². The van der Waals surface area contributed by atoms with Crippen LogP contribution in [-0.2, 0) is 12.4 Å². The van der Waals surface area contributed by atoms with E-state index in [0.717, 1.165) is 93.7 Å². The lowest BCUT2D eigenvalue weighted by molar-refractivity contribution is -0.143. The number of alkyl halides is 6. The van der Waals surface area contributed by atoms with E-state index >= 15 is 0 Å². The Labute approximate surface area is 371 Å². The second-order valence-corrected chi connectivity index (χ2v) is 17.1. The number of nitriles is 1. The van der Waals surface area contributed by atoms with Crippen LogP contribution < -0.4 is 0 Å². The van der Waals surface area contributed by atoms with E-state index in [2.05, 4.69) is 92.1 Å². The standard InChI is InChI=1S/C56H39F6N3/c1-31-14-17-42(33(3)20-31)36-15-18-45-43-10-7-9-13-49(43)65(50(45)25-36)53-29-47(38-23-40(55(57,58)59)28-41(24-38)56(60,61)62)39(30-63)27-52(53)64-48-12-8-6-11-44(48)46-19-16-37(26-51(46)64)54-34(4)21-32(2)22-35(54)5/h6-29H,1-5H3. The smallest absolute Gasteiger partial charge is 0.307 e. The van der Waals surface area contributed by atoms with E-state index in [-0.39, 0.29) is 22.8 Å². The highest BCUT2D eigenvalue weighted by molar-refractivity contribution is 6.13. The minimum Gasteiger partial charge on any atom is -0.307 e. The van der Waals surface area contributed by atoms with E-state index in [0.29, 0.717) is 23.5 Å². The highest BCUT2D eigenvalue weighted by Crippen LogP contribution is 2.45. The maximum absolute atomic E-state index is 14.4. The lowest BCUT2D eigenvalue weighted by atomic mass is 9.93. The molecule has 0 bridgehead atoms. The van der Waals surface area contributed by atoms with Crippen LogP contribution in [-0.4, -0.2) is 9.13 Å². The Hall–Kier alpha value is -7.57. The molecule has 0 aliphatic rings. The van der Waals surface area contributed by atoms with E-state index in [1.54, 1.807) is 12.1 Å². The van der Waals surface area contributed by atoms with Gasteiger partial charge in [-0.3, -0.25) is 0 Å². The second kappa shape index (κ2) is 15.0. The third-order valence-corrected chi connectivity index (χ3v) is 12.6. The van der Waals surface area contributed by atoms with Gasteiger partial charge in [-0.15, -0.1) is 0 Å². The SMILES string of the molecule is Cc1ccc(-c2ccc3c4ccccc4n(-c4cc(-c5cc(C(F)(F)F)cc(C(F)(F)F)c5)c(C#N)cc4-n4c5ccccc5c5ccc(-c6c(C)cc(C)cc6C)cc54)c3c2)c(C)c1. The van der Waals surface area contributed by atoms with E-state index in [9.17, 15) is 31.6 Å². The number of aromatic nitrogens is 2. The molecule has 2 heterocycles. The Morgan fingerprint density at radius 3 is 1.45 bits per heavy atom. The fourth-order valence-corrected chi connectivity index (χ4v) is 9.93. The van der Waals surface area contributed by atoms with Crippen molar-refractivity contribution < 1.29 is 26.3 Å². The van der Waals surface area contributed by atoms with Crippen molar-refractivity contribution in [2.45, 2.75) is 47.0 Å². The number of aryl methyl sites for hydroxylation is 5. The van der Waals surface area contributed by atoms with Crippen LogP contribution in [0.4, 0.5) is 26.3 Å². The van der Waals surface area contributed by atoms with E-state index in [4.69, 9.17) is 0 Å². The summed E-state index contributed by atoms with van der Waals surface area (Å²) in [6.07, 6.45) is -10.2. The third kappa shape index (κ3) is 6.92. The average molecular weight is 868 g/mol. The van der Waals surface area contributed by atoms with Gasteiger partial charge in [-0.25, -0.2) is 0 Å². The van der Waals surface area contributed by atoms with Crippen LogP contribution in [0.2, 0.25) is 0 Å². The monoisotopic (exact) mass is 867 g/mol. The Morgan fingerprint density at radius 1 is 0.415 bits per heavy atom. The van der Waals surface area contributed by atoms with Crippen LogP contribution in [0, 0.1) is 45.9 Å². The Morgan fingerprint density at radius 2 is 0.908 bits per heavy atom. The van der Waals surface area contributed by atoms with Gasteiger partial charge in [-0.2, -0.15) is 31.6 Å². The van der Waals surface area contributed by atoms with Crippen molar-refractivity contribution in [3.8, 4) is 50.8 Å². The highest BCUT2D eigenvalue weighted by Gasteiger charge is 2.37. The minimum atomic E-state index is -5.10. The van der Waals surface area contributed by atoms with Crippen molar-refractivity contribution in [1.29, 1.82) is 5.26 Å². The van der Waals surface area contributed by atoms with Crippen LogP contribution >= 0.6 is 0 Å².